The van der Waals surface area contributed by atoms with Crippen molar-refractivity contribution < 1.29 is 4.74 Å². The molecular formula is C11H10N2OS. The molecule has 0 saturated heterocycles. The van der Waals surface area contributed by atoms with Gasteiger partial charge in [-0.3, -0.25) is 4.57 Å². The predicted molar refractivity (Wildman–Crippen MR) is 62.0 cm³/mol. The third-order valence-corrected chi connectivity index (χ3v) is 2.20. The molecule has 2 aromatic rings. The number of aromatic nitrogens is 2. The van der Waals surface area contributed by atoms with Crippen molar-refractivity contribution in [2.45, 2.75) is 6.92 Å². The molecular weight excluding hydrogens is 208 g/mol. The minimum Gasteiger partial charge on any atom is -0.431 e. The molecule has 0 spiro atoms. The summed E-state index contributed by atoms with van der Waals surface area (Å²) in [5.41, 5.74) is 1.14. The zero-order chi connectivity index (χ0) is 10.7. The molecule has 0 atom stereocenters. The number of hydrogen-bond donors (Lipinski definition) is 0. The van der Waals surface area contributed by atoms with Crippen LogP contribution < -0.4 is 4.74 Å². The monoisotopic (exact) mass is 218 g/mol. The van der Waals surface area contributed by atoms with Crippen LogP contribution in [0, 0.1) is 6.92 Å². The molecule has 15 heavy (non-hydrogen) atoms. The molecule has 1 aromatic carbocycles. The second-order valence-electron chi connectivity index (χ2n) is 3.15. The Hall–Kier alpha value is -1.68. The molecule has 0 aliphatic carbocycles. The van der Waals surface area contributed by atoms with Gasteiger partial charge in [-0.15, -0.1) is 0 Å². The Morgan fingerprint density at radius 2 is 2.33 bits per heavy atom. The number of rotatable bonds is 1. The Labute approximate surface area is 93.3 Å². The van der Waals surface area contributed by atoms with Gasteiger partial charge in [0.05, 0.1) is 0 Å². The van der Waals surface area contributed by atoms with E-state index >= 15 is 0 Å². The molecule has 0 N–H and O–H groups in total. The molecule has 76 valence electrons. The van der Waals surface area contributed by atoms with Crippen LogP contribution in [-0.4, -0.2) is 14.7 Å². The molecule has 1 heterocycles. The maximum Gasteiger partial charge on any atom is 0.274 e. The number of ether oxygens (including phenoxy) is 1. The van der Waals surface area contributed by atoms with Gasteiger partial charge < -0.3 is 4.74 Å². The van der Waals surface area contributed by atoms with Crippen molar-refractivity contribution in [1.29, 1.82) is 0 Å². The molecule has 2 rings (SSSR count). The van der Waals surface area contributed by atoms with Crippen molar-refractivity contribution in [3.05, 3.63) is 48.5 Å². The van der Waals surface area contributed by atoms with Crippen LogP contribution >= 0.6 is 12.2 Å². The maximum absolute atomic E-state index is 5.49. The van der Waals surface area contributed by atoms with E-state index in [4.69, 9.17) is 17.0 Å². The van der Waals surface area contributed by atoms with Crippen molar-refractivity contribution in [3.8, 4) is 5.75 Å². The van der Waals surface area contributed by atoms with E-state index < -0.39 is 0 Å². The van der Waals surface area contributed by atoms with Gasteiger partial charge in [0.1, 0.15) is 12.1 Å². The fourth-order valence-corrected chi connectivity index (χ4v) is 1.40. The normalized spacial score (nSPS) is 9.93. The van der Waals surface area contributed by atoms with E-state index in [1.165, 1.54) is 0 Å². The number of imidazole rings is 1. The first-order valence-corrected chi connectivity index (χ1v) is 4.93. The fraction of sp³-hybridized carbons (Fsp3) is 0.0909. The van der Waals surface area contributed by atoms with Crippen LogP contribution in [0.4, 0.5) is 0 Å². The smallest absolute Gasteiger partial charge is 0.274 e. The van der Waals surface area contributed by atoms with Crippen molar-refractivity contribution in [3.63, 3.8) is 0 Å². The average Bonchev–Trinajstić information content (AvgIpc) is 2.70. The van der Waals surface area contributed by atoms with E-state index in [9.17, 15) is 0 Å². The van der Waals surface area contributed by atoms with E-state index in [1.54, 1.807) is 23.3 Å². The van der Waals surface area contributed by atoms with E-state index in [-0.39, 0.29) is 0 Å². The molecule has 0 aliphatic heterocycles. The standard InChI is InChI=1S/C11H10N2OS/c1-9-3-2-4-10(7-9)14-11(15)13-6-5-12-8-13/h2-8H,1H3. The highest BCUT2D eigenvalue weighted by Gasteiger charge is 2.01. The molecule has 0 radical (unpaired) electrons. The topological polar surface area (TPSA) is 27.1 Å². The van der Waals surface area contributed by atoms with E-state index in [1.807, 2.05) is 31.2 Å². The number of nitrogens with zero attached hydrogens (tertiary/aromatic N) is 2. The second-order valence-corrected chi connectivity index (χ2v) is 3.50. The van der Waals surface area contributed by atoms with Crippen LogP contribution in [0.2, 0.25) is 0 Å². The van der Waals surface area contributed by atoms with Crippen LogP contribution in [0.15, 0.2) is 43.0 Å². The number of aryl methyl sites for hydroxylation is 1. The quantitative estimate of drug-likeness (QED) is 0.688. The molecule has 0 saturated carbocycles. The molecule has 0 fully saturated rings. The number of thiocarbonyl (C=S) groups is 1. The second kappa shape index (κ2) is 4.23. The molecule has 0 unspecified atom stereocenters. The maximum atomic E-state index is 5.49. The largest absolute Gasteiger partial charge is 0.431 e. The molecule has 1 aromatic heterocycles. The molecule has 0 aliphatic rings. The van der Waals surface area contributed by atoms with Gasteiger partial charge in [0.2, 0.25) is 0 Å². The summed E-state index contributed by atoms with van der Waals surface area (Å²) in [4.78, 5) is 3.90. The Morgan fingerprint density at radius 3 is 3.00 bits per heavy atom. The van der Waals surface area contributed by atoms with Crippen molar-refractivity contribution in [1.82, 2.24) is 9.55 Å². The summed E-state index contributed by atoms with van der Waals surface area (Å²) in [7, 11) is 0. The summed E-state index contributed by atoms with van der Waals surface area (Å²) in [5.74, 6) is 0.744. The Bertz CT molecular complexity index is 465. The van der Waals surface area contributed by atoms with Crippen LogP contribution in [0.25, 0.3) is 0 Å². The third kappa shape index (κ3) is 2.41. The third-order valence-electron chi connectivity index (χ3n) is 1.91. The van der Waals surface area contributed by atoms with Gasteiger partial charge in [-0.05, 0) is 36.8 Å². The van der Waals surface area contributed by atoms with Crippen LogP contribution in [0.3, 0.4) is 0 Å². The zero-order valence-corrected chi connectivity index (χ0v) is 9.07. The summed E-state index contributed by atoms with van der Waals surface area (Å²) >= 11 is 5.10. The Kier molecular flexibility index (Phi) is 2.78. The van der Waals surface area contributed by atoms with Gasteiger partial charge in [-0.25, -0.2) is 4.98 Å². The van der Waals surface area contributed by atoms with Crippen LogP contribution in [-0.2, 0) is 0 Å². The molecule has 4 heteroatoms. The minimum atomic E-state index is 0.373. The van der Waals surface area contributed by atoms with Gasteiger partial charge in [0.25, 0.3) is 5.17 Å². The highest BCUT2D eigenvalue weighted by Crippen LogP contribution is 2.13. The van der Waals surface area contributed by atoms with Gasteiger partial charge in [-0.2, -0.15) is 0 Å². The Morgan fingerprint density at radius 1 is 1.47 bits per heavy atom. The predicted octanol–water partition coefficient (Wildman–Crippen LogP) is 2.40. The van der Waals surface area contributed by atoms with E-state index in [0.29, 0.717) is 5.17 Å². The van der Waals surface area contributed by atoms with Crippen molar-refractivity contribution in [2.24, 2.45) is 0 Å². The lowest BCUT2D eigenvalue weighted by Crippen LogP contribution is -2.14. The van der Waals surface area contributed by atoms with Crippen LogP contribution in [0.1, 0.15) is 5.56 Å². The first-order chi connectivity index (χ1) is 7.25. The first kappa shape index (κ1) is 9.86. The van der Waals surface area contributed by atoms with Crippen LogP contribution in [0.5, 0.6) is 5.75 Å². The fourth-order valence-electron chi connectivity index (χ4n) is 1.20. The van der Waals surface area contributed by atoms with Gasteiger partial charge in [0.15, 0.2) is 0 Å². The highest BCUT2D eigenvalue weighted by atomic mass is 32.1. The summed E-state index contributed by atoms with van der Waals surface area (Å²) in [6.45, 7) is 2.01. The average molecular weight is 218 g/mol. The summed E-state index contributed by atoms with van der Waals surface area (Å²) in [6.07, 6.45) is 5.02. The lowest BCUT2D eigenvalue weighted by atomic mass is 10.2. The van der Waals surface area contributed by atoms with Crippen molar-refractivity contribution >= 4 is 17.4 Å². The summed E-state index contributed by atoms with van der Waals surface area (Å²) in [5, 5.41) is 0.373. The van der Waals surface area contributed by atoms with Crippen molar-refractivity contribution in [2.75, 3.05) is 0 Å². The molecule has 0 bridgehead atoms. The SMILES string of the molecule is Cc1cccc(OC(=S)n2ccnc2)c1. The van der Waals surface area contributed by atoms with Gasteiger partial charge in [-0.1, -0.05) is 12.1 Å². The lowest BCUT2D eigenvalue weighted by molar-refractivity contribution is 0.539. The highest BCUT2D eigenvalue weighted by molar-refractivity contribution is 7.80. The van der Waals surface area contributed by atoms with E-state index in [0.717, 1.165) is 11.3 Å². The first-order valence-electron chi connectivity index (χ1n) is 4.52. The van der Waals surface area contributed by atoms with Gasteiger partial charge in [0, 0.05) is 12.4 Å². The number of hydrogen-bond acceptors (Lipinski definition) is 3. The summed E-state index contributed by atoms with van der Waals surface area (Å²) < 4.78 is 7.14. The zero-order valence-electron chi connectivity index (χ0n) is 8.25. The van der Waals surface area contributed by atoms with E-state index in [2.05, 4.69) is 4.98 Å². The lowest BCUT2D eigenvalue weighted by Gasteiger charge is -2.07. The minimum absolute atomic E-state index is 0.373. The van der Waals surface area contributed by atoms with Gasteiger partial charge >= 0.3 is 0 Å². The number of benzene rings is 1. The molecule has 3 nitrogen and oxygen atoms in total. The molecule has 0 amide bonds. The summed E-state index contributed by atoms with van der Waals surface area (Å²) in [6, 6.07) is 7.74. The Balaban J connectivity index is 2.13.